The summed E-state index contributed by atoms with van der Waals surface area (Å²) in [6.45, 7) is 3.52. The second-order valence-electron chi connectivity index (χ2n) is 11.9. The Kier molecular flexibility index (Phi) is 8.02. The van der Waals surface area contributed by atoms with Crippen molar-refractivity contribution in [2.24, 2.45) is 11.3 Å². The molecule has 2 aromatic rings. The highest BCUT2D eigenvalue weighted by atomic mass is 19.4. The summed E-state index contributed by atoms with van der Waals surface area (Å²) in [4.78, 5) is 32.2. The second kappa shape index (κ2) is 11.2. The van der Waals surface area contributed by atoms with E-state index in [0.717, 1.165) is 18.9 Å². The fourth-order valence-corrected chi connectivity index (χ4v) is 6.25. The van der Waals surface area contributed by atoms with E-state index in [2.05, 4.69) is 4.98 Å². The van der Waals surface area contributed by atoms with Crippen molar-refractivity contribution in [2.75, 3.05) is 32.8 Å². The van der Waals surface area contributed by atoms with Gasteiger partial charge in [0.25, 0.3) is 5.91 Å². The third-order valence-corrected chi connectivity index (χ3v) is 9.22. The van der Waals surface area contributed by atoms with Gasteiger partial charge in [-0.15, -0.1) is 0 Å². The Morgan fingerprint density at radius 2 is 1.80 bits per heavy atom. The second-order valence-corrected chi connectivity index (χ2v) is 11.9. The van der Waals surface area contributed by atoms with Crippen LogP contribution in [0.25, 0.3) is 11.1 Å². The molecule has 2 saturated heterocycles. The average molecular weight is 578 g/mol. The summed E-state index contributed by atoms with van der Waals surface area (Å²) in [6.07, 6.45) is 0.832. The number of likely N-dealkylation sites (tertiary alicyclic amines) is 2. The topological polar surface area (TPSA) is 83.0 Å². The van der Waals surface area contributed by atoms with Gasteiger partial charge in [0, 0.05) is 42.0 Å². The smallest absolute Gasteiger partial charge is 0.395 e. The van der Waals surface area contributed by atoms with Gasteiger partial charge in [-0.3, -0.25) is 4.79 Å². The van der Waals surface area contributed by atoms with Crippen molar-refractivity contribution in [3.63, 3.8) is 0 Å². The molecule has 1 atom stereocenters. The van der Waals surface area contributed by atoms with E-state index in [1.54, 1.807) is 12.1 Å². The van der Waals surface area contributed by atoms with Crippen LogP contribution in [0, 0.1) is 17.2 Å². The minimum atomic E-state index is -4.15. The van der Waals surface area contributed by atoms with Crippen LogP contribution in [0.15, 0.2) is 36.5 Å². The van der Waals surface area contributed by atoms with Crippen molar-refractivity contribution in [3.8, 4) is 17.0 Å². The number of rotatable bonds is 8. The molecule has 0 radical (unpaired) electrons. The van der Waals surface area contributed by atoms with Crippen molar-refractivity contribution >= 4 is 11.9 Å². The van der Waals surface area contributed by atoms with Gasteiger partial charge in [0.1, 0.15) is 11.4 Å². The van der Waals surface area contributed by atoms with Crippen molar-refractivity contribution in [1.82, 2.24) is 14.8 Å². The Hall–Kier alpha value is -3.21. The molecule has 11 heteroatoms. The molecule has 3 fully saturated rings. The van der Waals surface area contributed by atoms with Gasteiger partial charge in [0.05, 0.1) is 12.0 Å². The normalized spacial score (nSPS) is 23.3. The van der Waals surface area contributed by atoms with Crippen LogP contribution in [0.5, 0.6) is 5.88 Å². The molecule has 0 unspecified atom stereocenters. The number of hydrogen-bond donors (Lipinski definition) is 1. The standard InChI is InChI=1S/C30H35F4N3O4/c1-28(27(39)40)10-3-13-37(28)26(38)21-4-6-23(24(31)16-21)22-5-7-25(35-17-22)41-18-20-8-14-36(15-9-20)19-29(11-2-12-29)30(32,33)34/h4-7,16-17,20H,2-3,8-15,18-19H2,1H3,(H,39,40)/t28-/m0/s1. The number of nitrogens with zero attached hydrogens (tertiary/aromatic N) is 3. The molecule has 3 heterocycles. The maximum atomic E-state index is 15.0. The van der Waals surface area contributed by atoms with E-state index in [9.17, 15) is 27.9 Å². The molecule has 2 aliphatic heterocycles. The highest BCUT2D eigenvalue weighted by molar-refractivity contribution is 5.98. The number of carbonyl (C=O) groups excluding carboxylic acids is 1. The predicted octanol–water partition coefficient (Wildman–Crippen LogP) is 5.79. The molecule has 7 nitrogen and oxygen atoms in total. The summed E-state index contributed by atoms with van der Waals surface area (Å²) in [6, 6.07) is 7.39. The number of pyridine rings is 1. The summed E-state index contributed by atoms with van der Waals surface area (Å²) < 4.78 is 61.4. The molecule has 41 heavy (non-hydrogen) atoms. The van der Waals surface area contributed by atoms with Gasteiger partial charge in [-0.25, -0.2) is 14.2 Å². The Morgan fingerprint density at radius 3 is 2.37 bits per heavy atom. The highest BCUT2D eigenvalue weighted by Gasteiger charge is 2.58. The van der Waals surface area contributed by atoms with Crippen LogP contribution in [0.4, 0.5) is 17.6 Å². The Bertz CT molecular complexity index is 1270. The number of hydrogen-bond acceptors (Lipinski definition) is 5. The number of halogens is 4. The minimum absolute atomic E-state index is 0.0821. The lowest BCUT2D eigenvalue weighted by atomic mass is 9.67. The first kappa shape index (κ1) is 29.3. The summed E-state index contributed by atoms with van der Waals surface area (Å²) >= 11 is 0. The van der Waals surface area contributed by atoms with E-state index in [1.807, 2.05) is 4.90 Å². The fraction of sp³-hybridized carbons (Fsp3) is 0.567. The number of aliphatic carboxylic acids is 1. The van der Waals surface area contributed by atoms with Gasteiger partial charge in [0.15, 0.2) is 0 Å². The summed E-state index contributed by atoms with van der Waals surface area (Å²) in [5, 5.41) is 9.58. The molecule has 1 aromatic carbocycles. The van der Waals surface area contributed by atoms with E-state index in [-0.39, 0.29) is 36.4 Å². The van der Waals surface area contributed by atoms with Crippen molar-refractivity contribution < 1.29 is 37.0 Å². The monoisotopic (exact) mass is 577 g/mol. The van der Waals surface area contributed by atoms with Crippen molar-refractivity contribution in [3.05, 3.63) is 47.9 Å². The minimum Gasteiger partial charge on any atom is -0.480 e. The quantitative estimate of drug-likeness (QED) is 0.400. The van der Waals surface area contributed by atoms with Gasteiger partial charge in [-0.2, -0.15) is 13.2 Å². The SMILES string of the molecule is C[C@@]1(C(=O)O)CCCN1C(=O)c1ccc(-c2ccc(OCC3CCN(CC4(C(F)(F)F)CCC4)CC3)nc2)c(F)c1. The first-order valence-electron chi connectivity index (χ1n) is 14.2. The van der Waals surface area contributed by atoms with Crippen LogP contribution in [0.2, 0.25) is 0 Å². The molecule has 1 amide bonds. The number of ether oxygens (including phenoxy) is 1. The van der Waals surface area contributed by atoms with Crippen LogP contribution in [-0.2, 0) is 4.79 Å². The van der Waals surface area contributed by atoms with Gasteiger partial charge < -0.3 is 19.6 Å². The molecular formula is C30H35F4N3O4. The molecule has 3 aliphatic rings. The van der Waals surface area contributed by atoms with Gasteiger partial charge >= 0.3 is 12.1 Å². The largest absolute Gasteiger partial charge is 0.480 e. The van der Waals surface area contributed by atoms with Crippen molar-refractivity contribution in [2.45, 2.75) is 63.6 Å². The first-order valence-corrected chi connectivity index (χ1v) is 14.2. The fourth-order valence-electron chi connectivity index (χ4n) is 6.25. The maximum absolute atomic E-state index is 15.0. The molecule has 222 valence electrons. The summed E-state index contributed by atoms with van der Waals surface area (Å²) in [7, 11) is 0. The van der Waals surface area contributed by atoms with Gasteiger partial charge in [-0.05, 0) is 82.7 Å². The van der Waals surface area contributed by atoms with Crippen LogP contribution >= 0.6 is 0 Å². The Balaban J connectivity index is 1.14. The number of alkyl halides is 3. The Labute approximate surface area is 236 Å². The average Bonchev–Trinajstić information content (AvgIpc) is 3.32. The van der Waals surface area contributed by atoms with Crippen LogP contribution in [0.1, 0.15) is 62.2 Å². The number of aromatic nitrogens is 1. The zero-order valence-corrected chi connectivity index (χ0v) is 23.1. The van der Waals surface area contributed by atoms with Gasteiger partial charge in [-0.1, -0.05) is 12.5 Å². The molecule has 1 aliphatic carbocycles. The van der Waals surface area contributed by atoms with E-state index in [0.29, 0.717) is 56.9 Å². The molecule has 0 bridgehead atoms. The molecule has 1 saturated carbocycles. The van der Waals surface area contributed by atoms with E-state index in [4.69, 9.17) is 4.74 Å². The predicted molar refractivity (Wildman–Crippen MR) is 143 cm³/mol. The van der Waals surface area contributed by atoms with Crippen LogP contribution in [-0.4, -0.2) is 76.3 Å². The number of piperidine rings is 1. The molecule has 1 aromatic heterocycles. The molecule has 0 spiro atoms. The lowest BCUT2D eigenvalue weighted by molar-refractivity contribution is -0.256. The number of carboxylic acid groups (broad SMARTS) is 1. The lowest BCUT2D eigenvalue weighted by Gasteiger charge is -2.47. The number of carboxylic acids is 1. The highest BCUT2D eigenvalue weighted by Crippen LogP contribution is 2.53. The third-order valence-electron chi connectivity index (χ3n) is 9.22. The van der Waals surface area contributed by atoms with Crippen molar-refractivity contribution in [1.29, 1.82) is 0 Å². The van der Waals surface area contributed by atoms with E-state index in [1.165, 1.54) is 30.2 Å². The number of amides is 1. The van der Waals surface area contributed by atoms with Gasteiger partial charge in [0.2, 0.25) is 5.88 Å². The number of carbonyl (C=O) groups is 2. The van der Waals surface area contributed by atoms with E-state index >= 15 is 4.39 Å². The third kappa shape index (κ3) is 5.78. The maximum Gasteiger partial charge on any atom is 0.395 e. The Morgan fingerprint density at radius 1 is 1.07 bits per heavy atom. The zero-order valence-electron chi connectivity index (χ0n) is 23.1. The van der Waals surface area contributed by atoms with Crippen LogP contribution in [0.3, 0.4) is 0 Å². The van der Waals surface area contributed by atoms with E-state index < -0.39 is 34.8 Å². The summed E-state index contributed by atoms with van der Waals surface area (Å²) in [5.41, 5.74) is -2.02. The molecule has 5 rings (SSSR count). The van der Waals surface area contributed by atoms with Crippen LogP contribution < -0.4 is 4.74 Å². The lowest BCUT2D eigenvalue weighted by Crippen LogP contribution is -2.53. The number of benzene rings is 1. The summed E-state index contributed by atoms with van der Waals surface area (Å²) in [5.74, 6) is -1.63. The molecular weight excluding hydrogens is 542 g/mol. The molecule has 1 N–H and O–H groups in total. The zero-order chi connectivity index (χ0) is 29.4. The first-order chi connectivity index (χ1) is 19.4.